The summed E-state index contributed by atoms with van der Waals surface area (Å²) in [5.41, 5.74) is 2.43. The zero-order valence-corrected chi connectivity index (χ0v) is 11.1. The van der Waals surface area contributed by atoms with Crippen molar-refractivity contribution in [3.8, 4) is 12.3 Å². The van der Waals surface area contributed by atoms with Crippen molar-refractivity contribution in [1.29, 1.82) is 0 Å². The summed E-state index contributed by atoms with van der Waals surface area (Å²) in [5.74, 6) is 3.25. The third-order valence-corrected chi connectivity index (χ3v) is 3.51. The number of nitrogens with zero attached hydrogens (tertiary/aromatic N) is 1. The van der Waals surface area contributed by atoms with Gasteiger partial charge in [-0.25, -0.2) is 0 Å². The summed E-state index contributed by atoms with van der Waals surface area (Å²) in [4.78, 5) is 2.42. The molecule has 0 saturated carbocycles. The Kier molecular flexibility index (Phi) is 4.81. The van der Waals surface area contributed by atoms with E-state index < -0.39 is 0 Å². The molecule has 18 heavy (non-hydrogen) atoms. The number of allylic oxidation sites excluding steroid dienone is 4. The molecule has 0 radical (unpaired) electrons. The van der Waals surface area contributed by atoms with Crippen molar-refractivity contribution in [3.63, 3.8) is 0 Å². The van der Waals surface area contributed by atoms with Gasteiger partial charge >= 0.3 is 0 Å². The summed E-state index contributed by atoms with van der Waals surface area (Å²) < 4.78 is 5.36. The highest BCUT2D eigenvalue weighted by molar-refractivity contribution is 5.37. The Morgan fingerprint density at radius 1 is 1.39 bits per heavy atom. The third kappa shape index (κ3) is 3.60. The Morgan fingerprint density at radius 3 is 2.89 bits per heavy atom. The molecule has 1 aliphatic carbocycles. The Balaban J connectivity index is 2.04. The van der Waals surface area contributed by atoms with E-state index in [1.165, 1.54) is 5.57 Å². The Labute approximate surface area is 110 Å². The molecule has 0 bridgehead atoms. The summed E-state index contributed by atoms with van der Waals surface area (Å²) in [7, 11) is 0. The lowest BCUT2D eigenvalue weighted by Gasteiger charge is -2.27. The number of terminal acetylenes is 1. The van der Waals surface area contributed by atoms with Gasteiger partial charge in [0.05, 0.1) is 13.2 Å². The van der Waals surface area contributed by atoms with Gasteiger partial charge in [-0.1, -0.05) is 37.1 Å². The van der Waals surface area contributed by atoms with Crippen LogP contribution in [0.2, 0.25) is 0 Å². The molecule has 1 fully saturated rings. The number of ether oxygens (including phenoxy) is 1. The van der Waals surface area contributed by atoms with Gasteiger partial charge < -0.3 is 4.74 Å². The van der Waals surface area contributed by atoms with E-state index in [1.54, 1.807) is 0 Å². The monoisotopic (exact) mass is 243 g/mol. The smallest absolute Gasteiger partial charge is 0.0594 e. The third-order valence-electron chi connectivity index (χ3n) is 3.51. The molecule has 0 N–H and O–H groups in total. The van der Waals surface area contributed by atoms with Crippen LogP contribution in [-0.4, -0.2) is 37.7 Å². The molecule has 1 unspecified atom stereocenters. The predicted molar refractivity (Wildman–Crippen MR) is 75.2 cm³/mol. The highest BCUT2D eigenvalue weighted by atomic mass is 16.5. The molecule has 2 heteroatoms. The van der Waals surface area contributed by atoms with Crippen molar-refractivity contribution in [2.75, 3.05) is 32.8 Å². The molecule has 1 atom stereocenters. The van der Waals surface area contributed by atoms with E-state index in [1.807, 2.05) is 0 Å². The number of hydrogen-bond acceptors (Lipinski definition) is 2. The summed E-state index contributed by atoms with van der Waals surface area (Å²) in [5, 5.41) is 0. The normalized spacial score (nSPS) is 25.7. The highest BCUT2D eigenvalue weighted by Crippen LogP contribution is 2.18. The van der Waals surface area contributed by atoms with Crippen LogP contribution in [0.15, 0.2) is 35.5 Å². The topological polar surface area (TPSA) is 12.5 Å². The molecule has 1 saturated heterocycles. The fourth-order valence-electron chi connectivity index (χ4n) is 2.28. The second-order valence-corrected chi connectivity index (χ2v) is 4.94. The number of morpholine rings is 1. The standard InChI is InChI=1S/C16H21NO/c1-3-16-8-7-15(6-4-5-14(16)2)13-17-9-11-18-12-10-17/h1,4,6-8,14H,5,9-13H2,2H3. The Hall–Kier alpha value is -1.30. The zero-order valence-electron chi connectivity index (χ0n) is 11.1. The molecule has 0 amide bonds. The number of rotatable bonds is 2. The molecule has 1 aliphatic heterocycles. The van der Waals surface area contributed by atoms with Gasteiger partial charge in [-0.2, -0.15) is 0 Å². The van der Waals surface area contributed by atoms with Crippen LogP contribution in [0.1, 0.15) is 13.3 Å². The van der Waals surface area contributed by atoms with Gasteiger partial charge in [-0.3, -0.25) is 4.90 Å². The lowest BCUT2D eigenvalue weighted by atomic mass is 9.95. The minimum absolute atomic E-state index is 0.451. The summed E-state index contributed by atoms with van der Waals surface area (Å²) >= 11 is 0. The second-order valence-electron chi connectivity index (χ2n) is 4.94. The highest BCUT2D eigenvalue weighted by Gasteiger charge is 2.12. The average molecular weight is 243 g/mol. The van der Waals surface area contributed by atoms with E-state index in [0.29, 0.717) is 5.92 Å². The molecule has 2 nitrogen and oxygen atoms in total. The summed E-state index contributed by atoms with van der Waals surface area (Å²) in [6, 6.07) is 0. The van der Waals surface area contributed by atoms with Crippen molar-refractivity contribution in [2.24, 2.45) is 5.92 Å². The van der Waals surface area contributed by atoms with E-state index >= 15 is 0 Å². The van der Waals surface area contributed by atoms with Crippen molar-refractivity contribution in [1.82, 2.24) is 4.90 Å². The van der Waals surface area contributed by atoms with Crippen molar-refractivity contribution < 1.29 is 4.74 Å². The molecule has 0 aromatic carbocycles. The van der Waals surface area contributed by atoms with Crippen LogP contribution in [-0.2, 0) is 4.74 Å². The van der Waals surface area contributed by atoms with E-state index in [4.69, 9.17) is 11.2 Å². The molecule has 2 rings (SSSR count). The molecular weight excluding hydrogens is 222 g/mol. The molecule has 1 heterocycles. The van der Waals surface area contributed by atoms with E-state index in [0.717, 1.165) is 44.8 Å². The maximum atomic E-state index is 5.55. The van der Waals surface area contributed by atoms with Gasteiger partial charge in [0.1, 0.15) is 0 Å². The lowest BCUT2D eigenvalue weighted by molar-refractivity contribution is 0.0426. The van der Waals surface area contributed by atoms with E-state index in [-0.39, 0.29) is 0 Å². The first-order chi connectivity index (χ1) is 8.79. The fourth-order valence-corrected chi connectivity index (χ4v) is 2.28. The summed E-state index contributed by atoms with van der Waals surface area (Å²) in [6.07, 6.45) is 15.3. The number of hydrogen-bond donors (Lipinski definition) is 0. The first kappa shape index (κ1) is 13.1. The minimum Gasteiger partial charge on any atom is -0.379 e. The maximum absolute atomic E-state index is 5.55. The van der Waals surface area contributed by atoms with Gasteiger partial charge in [0, 0.05) is 25.2 Å². The van der Waals surface area contributed by atoms with Crippen LogP contribution >= 0.6 is 0 Å². The maximum Gasteiger partial charge on any atom is 0.0594 e. The Bertz CT molecular complexity index is 405. The summed E-state index contributed by atoms with van der Waals surface area (Å²) in [6.45, 7) is 6.90. The zero-order chi connectivity index (χ0) is 12.8. The van der Waals surface area contributed by atoms with Crippen LogP contribution in [0.25, 0.3) is 0 Å². The van der Waals surface area contributed by atoms with Crippen molar-refractivity contribution >= 4 is 0 Å². The first-order valence-corrected chi connectivity index (χ1v) is 6.63. The van der Waals surface area contributed by atoms with Gasteiger partial charge in [0.2, 0.25) is 0 Å². The second kappa shape index (κ2) is 6.58. The molecule has 0 aromatic heterocycles. The quantitative estimate of drug-likeness (QED) is 0.691. The van der Waals surface area contributed by atoms with E-state index in [9.17, 15) is 0 Å². The van der Waals surface area contributed by atoms with Gasteiger partial charge in [0.25, 0.3) is 0 Å². The largest absolute Gasteiger partial charge is 0.379 e. The predicted octanol–water partition coefficient (Wildman–Crippen LogP) is 2.40. The first-order valence-electron chi connectivity index (χ1n) is 6.63. The van der Waals surface area contributed by atoms with Crippen LogP contribution in [0.5, 0.6) is 0 Å². The van der Waals surface area contributed by atoms with E-state index in [2.05, 4.69) is 42.0 Å². The molecule has 0 spiro atoms. The Morgan fingerprint density at radius 2 is 2.17 bits per heavy atom. The lowest BCUT2D eigenvalue weighted by Crippen LogP contribution is -2.37. The van der Waals surface area contributed by atoms with Crippen LogP contribution < -0.4 is 0 Å². The van der Waals surface area contributed by atoms with Crippen LogP contribution in [0.4, 0.5) is 0 Å². The van der Waals surface area contributed by atoms with Gasteiger partial charge in [-0.05, 0) is 17.9 Å². The van der Waals surface area contributed by atoms with Crippen LogP contribution in [0.3, 0.4) is 0 Å². The SMILES string of the molecule is C#CC1=CC=C(CN2CCOCC2)C=CCC1C. The fraction of sp³-hybridized carbons (Fsp3) is 0.500. The van der Waals surface area contributed by atoms with Gasteiger partial charge in [0.15, 0.2) is 0 Å². The molecule has 96 valence electrons. The molecule has 2 aliphatic rings. The van der Waals surface area contributed by atoms with Gasteiger partial charge in [-0.15, -0.1) is 6.42 Å². The average Bonchev–Trinajstić information content (AvgIpc) is 2.38. The van der Waals surface area contributed by atoms with Crippen molar-refractivity contribution in [2.45, 2.75) is 13.3 Å². The van der Waals surface area contributed by atoms with Crippen molar-refractivity contribution in [3.05, 3.63) is 35.5 Å². The molecule has 0 aromatic rings. The minimum atomic E-state index is 0.451. The molecular formula is C16H21NO. The van der Waals surface area contributed by atoms with Crippen LogP contribution in [0, 0.1) is 18.3 Å².